The van der Waals surface area contributed by atoms with Crippen molar-refractivity contribution in [3.05, 3.63) is 105 Å². The third-order valence-electron chi connectivity index (χ3n) is 5.91. The molecule has 0 fully saturated rings. The molecule has 10 heteroatoms. The molecule has 0 saturated heterocycles. The summed E-state index contributed by atoms with van der Waals surface area (Å²) in [5.74, 6) is 1.52. The number of aromatic nitrogens is 7. The van der Waals surface area contributed by atoms with E-state index in [4.69, 9.17) is 4.98 Å². The van der Waals surface area contributed by atoms with Crippen molar-refractivity contribution in [1.29, 1.82) is 0 Å². The van der Waals surface area contributed by atoms with Crippen LogP contribution in [0.15, 0.2) is 87.8 Å². The number of aryl methyl sites for hydroxylation is 1. The fourth-order valence-corrected chi connectivity index (χ4v) is 5.10. The van der Waals surface area contributed by atoms with Gasteiger partial charge < -0.3 is 0 Å². The number of hydrogen-bond donors (Lipinski definition) is 0. The molecule has 35 heavy (non-hydrogen) atoms. The average molecular weight is 482 g/mol. The van der Waals surface area contributed by atoms with Gasteiger partial charge in [0.25, 0.3) is 11.1 Å². The Balaban J connectivity index is 1.46. The fraction of sp³-hybridized carbons (Fsp3) is 0.120. The van der Waals surface area contributed by atoms with E-state index in [-0.39, 0.29) is 11.1 Å². The van der Waals surface area contributed by atoms with Crippen LogP contribution in [0.3, 0.4) is 0 Å². The molecule has 0 N–H and O–H groups in total. The smallest absolute Gasteiger partial charge is 0.262 e. The first-order chi connectivity index (χ1) is 17.1. The third kappa shape index (κ3) is 3.58. The summed E-state index contributed by atoms with van der Waals surface area (Å²) in [5.41, 5.74) is 2.05. The molecule has 9 nitrogen and oxygen atoms in total. The predicted molar refractivity (Wildman–Crippen MR) is 135 cm³/mol. The van der Waals surface area contributed by atoms with E-state index < -0.39 is 0 Å². The molecule has 172 valence electrons. The van der Waals surface area contributed by atoms with Gasteiger partial charge in [0.1, 0.15) is 5.82 Å². The quantitative estimate of drug-likeness (QED) is 0.276. The maximum atomic E-state index is 13.4. The van der Waals surface area contributed by atoms with Crippen molar-refractivity contribution < 1.29 is 0 Å². The normalized spacial score (nSPS) is 11.6. The Bertz CT molecular complexity index is 1840. The van der Waals surface area contributed by atoms with Gasteiger partial charge in [0, 0.05) is 19.4 Å². The van der Waals surface area contributed by atoms with Crippen LogP contribution < -0.4 is 11.1 Å². The van der Waals surface area contributed by atoms with Crippen molar-refractivity contribution in [2.24, 2.45) is 7.05 Å². The summed E-state index contributed by atoms with van der Waals surface area (Å²) in [7, 11) is 1.69. The van der Waals surface area contributed by atoms with Crippen molar-refractivity contribution in [1.82, 2.24) is 33.7 Å². The lowest BCUT2D eigenvalue weighted by Crippen LogP contribution is -2.24. The largest absolute Gasteiger partial charge is 0.283 e. The van der Waals surface area contributed by atoms with Crippen molar-refractivity contribution in [3.63, 3.8) is 0 Å². The number of benzene rings is 2. The first-order valence-corrected chi connectivity index (χ1v) is 11.9. The molecule has 0 aliphatic heterocycles. The minimum Gasteiger partial charge on any atom is -0.283 e. The standard InChI is InChI=1S/C25H19N7O2S/c1-30-22(33)18-9-3-5-11-20(18)32-21(28-29-24(30)32)15-35-25-27-19-10-4-2-8-17(19)23(34)31(25)14-16-7-6-12-26-13-16/h2-13H,14-15H2,1H3. The van der Waals surface area contributed by atoms with E-state index in [1.165, 1.54) is 16.3 Å². The van der Waals surface area contributed by atoms with Gasteiger partial charge in [-0.1, -0.05) is 42.1 Å². The molecule has 4 heterocycles. The lowest BCUT2D eigenvalue weighted by molar-refractivity contribution is 0.656. The summed E-state index contributed by atoms with van der Waals surface area (Å²) in [4.78, 5) is 35.1. The Kier molecular flexibility index (Phi) is 5.14. The zero-order chi connectivity index (χ0) is 23.9. The van der Waals surface area contributed by atoms with E-state index >= 15 is 0 Å². The Labute approximate surface area is 202 Å². The molecule has 0 radical (unpaired) electrons. The van der Waals surface area contributed by atoms with Gasteiger partial charge in [-0.2, -0.15) is 0 Å². The number of rotatable bonds is 5. The fourth-order valence-electron chi connectivity index (χ4n) is 4.19. The predicted octanol–water partition coefficient (Wildman–Crippen LogP) is 3.03. The Morgan fingerprint density at radius 1 is 0.886 bits per heavy atom. The van der Waals surface area contributed by atoms with Crippen LogP contribution in [-0.2, 0) is 19.3 Å². The second kappa shape index (κ2) is 8.48. The van der Waals surface area contributed by atoms with Gasteiger partial charge in [0.2, 0.25) is 5.78 Å². The maximum Gasteiger partial charge on any atom is 0.262 e. The average Bonchev–Trinajstić information content (AvgIpc) is 3.33. The second-order valence-electron chi connectivity index (χ2n) is 8.09. The van der Waals surface area contributed by atoms with Crippen molar-refractivity contribution >= 4 is 39.3 Å². The van der Waals surface area contributed by atoms with E-state index in [0.717, 1.165) is 11.1 Å². The molecule has 4 aromatic heterocycles. The molecule has 6 aromatic rings. The molecule has 0 spiro atoms. The van der Waals surface area contributed by atoms with Crippen LogP contribution in [0.4, 0.5) is 0 Å². The molecule has 0 unspecified atom stereocenters. The van der Waals surface area contributed by atoms with Crippen molar-refractivity contribution in [2.45, 2.75) is 17.5 Å². The van der Waals surface area contributed by atoms with E-state index in [1.807, 2.05) is 52.9 Å². The lowest BCUT2D eigenvalue weighted by Gasteiger charge is -2.13. The summed E-state index contributed by atoms with van der Waals surface area (Å²) in [6, 6.07) is 18.5. The van der Waals surface area contributed by atoms with Crippen LogP contribution in [0.25, 0.3) is 27.6 Å². The van der Waals surface area contributed by atoms with Crippen LogP contribution in [0.5, 0.6) is 0 Å². The molecule has 0 bridgehead atoms. The lowest BCUT2D eigenvalue weighted by atomic mass is 10.2. The molecule has 0 aliphatic rings. The number of pyridine rings is 1. The van der Waals surface area contributed by atoms with Crippen molar-refractivity contribution in [2.75, 3.05) is 0 Å². The highest BCUT2D eigenvalue weighted by Gasteiger charge is 2.17. The Morgan fingerprint density at radius 3 is 2.51 bits per heavy atom. The van der Waals surface area contributed by atoms with Crippen molar-refractivity contribution in [3.8, 4) is 0 Å². The molecule has 2 aromatic carbocycles. The van der Waals surface area contributed by atoms with Gasteiger partial charge in [0.05, 0.1) is 34.1 Å². The van der Waals surface area contributed by atoms with E-state index in [2.05, 4.69) is 15.2 Å². The molecule has 0 amide bonds. The Morgan fingerprint density at radius 2 is 1.69 bits per heavy atom. The summed E-state index contributed by atoms with van der Waals surface area (Å²) >= 11 is 1.41. The summed E-state index contributed by atoms with van der Waals surface area (Å²) in [6.45, 7) is 0.352. The van der Waals surface area contributed by atoms with Crippen LogP contribution in [-0.4, -0.2) is 33.7 Å². The molecular formula is C25H19N7O2S. The SMILES string of the molecule is Cn1c(=O)c2ccccc2n2c(CSc3nc4ccccc4c(=O)n3Cc3cccnc3)nnc12. The first kappa shape index (κ1) is 21.2. The molecule has 6 rings (SSSR count). The molecular weight excluding hydrogens is 462 g/mol. The topological polar surface area (TPSA) is 100.0 Å². The van der Waals surface area contributed by atoms with Gasteiger partial charge in [-0.3, -0.25) is 28.1 Å². The second-order valence-corrected chi connectivity index (χ2v) is 9.03. The van der Waals surface area contributed by atoms with Crippen LogP contribution in [0.2, 0.25) is 0 Å². The number of thioether (sulfide) groups is 1. The number of fused-ring (bicyclic) bond motifs is 4. The zero-order valence-corrected chi connectivity index (χ0v) is 19.5. The van der Waals surface area contributed by atoms with Gasteiger partial charge >= 0.3 is 0 Å². The summed E-state index contributed by atoms with van der Waals surface area (Å²) < 4.78 is 5.05. The van der Waals surface area contributed by atoms with Gasteiger partial charge in [0.15, 0.2) is 5.16 Å². The third-order valence-corrected chi connectivity index (χ3v) is 6.89. The minimum atomic E-state index is -0.124. The van der Waals surface area contributed by atoms with Crippen LogP contribution >= 0.6 is 11.8 Å². The maximum absolute atomic E-state index is 13.4. The minimum absolute atomic E-state index is 0.110. The number of hydrogen-bond acceptors (Lipinski definition) is 7. The van der Waals surface area contributed by atoms with E-state index in [0.29, 0.717) is 45.3 Å². The van der Waals surface area contributed by atoms with Crippen LogP contribution in [0, 0.1) is 0 Å². The highest BCUT2D eigenvalue weighted by atomic mass is 32.2. The zero-order valence-electron chi connectivity index (χ0n) is 18.7. The first-order valence-electron chi connectivity index (χ1n) is 10.9. The summed E-state index contributed by atoms with van der Waals surface area (Å²) in [6.07, 6.45) is 3.45. The molecule has 0 aliphatic carbocycles. The van der Waals surface area contributed by atoms with E-state index in [9.17, 15) is 9.59 Å². The summed E-state index contributed by atoms with van der Waals surface area (Å²) in [5, 5.41) is 10.4. The molecule has 0 atom stereocenters. The molecule has 0 saturated carbocycles. The highest BCUT2D eigenvalue weighted by molar-refractivity contribution is 7.98. The van der Waals surface area contributed by atoms with Gasteiger partial charge in [-0.05, 0) is 35.9 Å². The Hall–Kier alpha value is -4.31. The highest BCUT2D eigenvalue weighted by Crippen LogP contribution is 2.24. The van der Waals surface area contributed by atoms with Gasteiger partial charge in [-0.15, -0.1) is 10.2 Å². The van der Waals surface area contributed by atoms with Crippen LogP contribution in [0.1, 0.15) is 11.4 Å². The van der Waals surface area contributed by atoms with Gasteiger partial charge in [-0.25, -0.2) is 4.98 Å². The number of nitrogens with zero attached hydrogens (tertiary/aromatic N) is 7. The monoisotopic (exact) mass is 481 g/mol. The van der Waals surface area contributed by atoms with E-state index in [1.54, 1.807) is 36.1 Å². The number of para-hydroxylation sites is 2.